The highest BCUT2D eigenvalue weighted by atomic mass is 31.2. The number of allylic oxidation sites excluding steroid dienone is 22. The lowest BCUT2D eigenvalue weighted by Crippen LogP contribution is -2.30. The summed E-state index contributed by atoms with van der Waals surface area (Å²) in [5.74, 6) is -2.24. The molecule has 0 aromatic carbocycles. The topological polar surface area (TPSA) is 237 Å². The first-order valence-electron chi connectivity index (χ1n) is 41.4. The van der Waals surface area contributed by atoms with Crippen LogP contribution in [0.2, 0.25) is 0 Å². The number of hydrogen-bond acceptors (Lipinski definition) is 15. The van der Waals surface area contributed by atoms with Crippen molar-refractivity contribution in [2.45, 2.75) is 354 Å². The molecule has 5 unspecified atom stereocenters. The highest BCUT2D eigenvalue weighted by Crippen LogP contribution is 2.45. The largest absolute Gasteiger partial charge is 0.472 e. The van der Waals surface area contributed by atoms with E-state index in [1.807, 2.05) is 0 Å². The number of hydrogen-bond donors (Lipinski definition) is 3. The van der Waals surface area contributed by atoms with Gasteiger partial charge in [0.15, 0.2) is 12.2 Å². The van der Waals surface area contributed by atoms with Crippen LogP contribution in [-0.2, 0) is 65.4 Å². The van der Waals surface area contributed by atoms with E-state index >= 15 is 0 Å². The smallest absolute Gasteiger partial charge is 0.462 e. The second-order valence-electron chi connectivity index (χ2n) is 27.3. The SMILES string of the molecule is CC/C=C\C/C=C\C/C=C\C/C=C\CCCCCCC(=O)OCC(COP(=O)(O)OCC(O)COP(=O)(O)OCC(COC(=O)CCCCCCCC/C=C\C/C=C\C/C=C\CCCCC)OC(=O)CCCCCCC/C=C\C/C=C\C/C=C\CC)OC(=O)CCCCCCC/C=C\CCCCCCCC. The van der Waals surface area contributed by atoms with E-state index in [2.05, 4.69) is 161 Å². The van der Waals surface area contributed by atoms with E-state index in [4.69, 9.17) is 37.0 Å². The van der Waals surface area contributed by atoms with Crippen LogP contribution in [-0.4, -0.2) is 96.7 Å². The summed E-state index contributed by atoms with van der Waals surface area (Å²) in [6.07, 6.45) is 88.4. The molecule has 0 saturated heterocycles. The number of rotatable bonds is 77. The Kier molecular flexibility index (Phi) is 74.8. The lowest BCUT2D eigenvalue weighted by atomic mass is 10.1. The van der Waals surface area contributed by atoms with Gasteiger partial charge in [-0.3, -0.25) is 37.3 Å². The summed E-state index contributed by atoms with van der Waals surface area (Å²) in [7, 11) is -9.98. The van der Waals surface area contributed by atoms with Gasteiger partial charge in [0, 0.05) is 25.7 Å². The quantitative estimate of drug-likeness (QED) is 0.0169. The third-order valence-electron chi connectivity index (χ3n) is 17.1. The van der Waals surface area contributed by atoms with Gasteiger partial charge in [0.1, 0.15) is 19.3 Å². The van der Waals surface area contributed by atoms with E-state index in [1.165, 1.54) is 57.8 Å². The molecule has 0 amide bonds. The van der Waals surface area contributed by atoms with Crippen LogP contribution in [0.1, 0.15) is 336 Å². The molecule has 106 heavy (non-hydrogen) atoms. The number of unbranched alkanes of at least 4 members (excludes halogenated alkanes) is 29. The van der Waals surface area contributed by atoms with Gasteiger partial charge in [-0.1, -0.05) is 283 Å². The third kappa shape index (κ3) is 77.4. The van der Waals surface area contributed by atoms with Crippen LogP contribution in [0.15, 0.2) is 134 Å². The first-order chi connectivity index (χ1) is 51.7. The lowest BCUT2D eigenvalue weighted by molar-refractivity contribution is -0.161. The number of carbonyl (C=O) groups is 4. The van der Waals surface area contributed by atoms with Crippen molar-refractivity contribution < 1.29 is 80.2 Å². The van der Waals surface area contributed by atoms with Crippen LogP contribution in [0, 0.1) is 0 Å². The highest BCUT2D eigenvalue weighted by molar-refractivity contribution is 7.47. The van der Waals surface area contributed by atoms with Gasteiger partial charge in [0.25, 0.3) is 0 Å². The summed E-state index contributed by atoms with van der Waals surface area (Å²) in [6, 6.07) is 0. The molecular formula is C87H148O17P2. The molecule has 0 saturated carbocycles. The molecule has 0 heterocycles. The fourth-order valence-corrected chi connectivity index (χ4v) is 12.4. The first-order valence-corrected chi connectivity index (χ1v) is 44.4. The monoisotopic (exact) mass is 1530 g/mol. The van der Waals surface area contributed by atoms with Gasteiger partial charge >= 0.3 is 39.5 Å². The molecule has 608 valence electrons. The minimum absolute atomic E-state index is 0.0692. The highest BCUT2D eigenvalue weighted by Gasteiger charge is 2.30. The maximum Gasteiger partial charge on any atom is 0.472 e. The Morgan fingerprint density at radius 3 is 0.783 bits per heavy atom. The van der Waals surface area contributed by atoms with E-state index in [-0.39, 0.29) is 25.7 Å². The first kappa shape index (κ1) is 101. The maximum atomic E-state index is 13.1. The van der Waals surface area contributed by atoms with Crippen molar-refractivity contribution in [2.24, 2.45) is 0 Å². The van der Waals surface area contributed by atoms with Crippen molar-refractivity contribution >= 4 is 39.5 Å². The molecule has 0 aliphatic carbocycles. The van der Waals surface area contributed by atoms with Crippen molar-refractivity contribution in [2.75, 3.05) is 39.6 Å². The normalized spacial score (nSPS) is 14.5. The number of ether oxygens (including phenoxy) is 4. The van der Waals surface area contributed by atoms with Crippen LogP contribution in [0.25, 0.3) is 0 Å². The Hall–Kier alpha value is -4.80. The van der Waals surface area contributed by atoms with Crippen LogP contribution < -0.4 is 0 Å². The van der Waals surface area contributed by atoms with Gasteiger partial charge in [-0.15, -0.1) is 0 Å². The average Bonchev–Trinajstić information content (AvgIpc) is 0.928. The minimum atomic E-state index is -4.99. The summed E-state index contributed by atoms with van der Waals surface area (Å²) < 4.78 is 68.7. The third-order valence-corrected chi connectivity index (χ3v) is 19.0. The summed E-state index contributed by atoms with van der Waals surface area (Å²) in [4.78, 5) is 73.1. The van der Waals surface area contributed by atoms with Crippen molar-refractivity contribution in [3.8, 4) is 0 Å². The zero-order valence-corrected chi connectivity index (χ0v) is 68.4. The maximum absolute atomic E-state index is 13.1. The van der Waals surface area contributed by atoms with E-state index < -0.39 is 97.5 Å². The van der Waals surface area contributed by atoms with E-state index in [1.54, 1.807) is 0 Å². The van der Waals surface area contributed by atoms with Gasteiger partial charge in [-0.25, -0.2) is 9.13 Å². The number of aliphatic hydroxyl groups is 1. The van der Waals surface area contributed by atoms with Crippen LogP contribution in [0.5, 0.6) is 0 Å². The molecule has 0 aliphatic heterocycles. The van der Waals surface area contributed by atoms with Crippen LogP contribution in [0.4, 0.5) is 0 Å². The predicted molar refractivity (Wildman–Crippen MR) is 436 cm³/mol. The van der Waals surface area contributed by atoms with E-state index in [9.17, 15) is 43.2 Å². The zero-order chi connectivity index (χ0) is 77.4. The average molecular weight is 1530 g/mol. The Labute approximate surface area is 644 Å². The molecule has 0 spiro atoms. The Morgan fingerprint density at radius 2 is 0.491 bits per heavy atom. The van der Waals surface area contributed by atoms with Crippen molar-refractivity contribution in [1.82, 2.24) is 0 Å². The molecule has 5 atom stereocenters. The molecule has 19 heteroatoms. The van der Waals surface area contributed by atoms with E-state index in [0.717, 1.165) is 199 Å². The summed E-state index contributed by atoms with van der Waals surface area (Å²) in [5.41, 5.74) is 0. The van der Waals surface area contributed by atoms with Crippen molar-refractivity contribution in [1.29, 1.82) is 0 Å². The molecule has 0 fully saturated rings. The predicted octanol–water partition coefficient (Wildman–Crippen LogP) is 24.4. The lowest BCUT2D eigenvalue weighted by Gasteiger charge is -2.21. The molecule has 0 rings (SSSR count). The van der Waals surface area contributed by atoms with E-state index in [0.29, 0.717) is 25.7 Å². The standard InChI is InChI=1S/C87H148O17P2/c1-5-9-13-17-21-25-29-33-37-39-40-42-46-48-52-56-60-64-68-72-85(90)98-78-83(104-87(92)74-70-66-62-58-54-50-44-36-32-28-24-20-16-12-8-4)80-102-106(95,96)100-76-81(88)75-99-105(93,94)101-79-82(103-86(91)73-69-65-61-57-53-49-43-35-31-27-23-19-15-11-7-3)77-97-84(89)71-67-63-59-55-51-47-45-41-38-34-30-26-22-18-14-10-6-2/h10,12,14,16,21-22,24-26,28,33-38,40,42-45,47,81-83,88H,5-9,11,13,15,17-20,23,27,29-32,39,41,46,48-80H2,1-4H3,(H,93,94)(H,95,96)/b14-10-,16-12-,25-21-,26-22-,28-24-,37-33-,38-34-,42-40-,43-35-,44-36-,47-45-. The number of phosphoric acid groups is 2. The van der Waals surface area contributed by atoms with Gasteiger partial charge in [-0.2, -0.15) is 0 Å². The van der Waals surface area contributed by atoms with Crippen LogP contribution >= 0.6 is 15.6 Å². The Morgan fingerprint density at radius 1 is 0.274 bits per heavy atom. The second-order valence-corrected chi connectivity index (χ2v) is 30.2. The van der Waals surface area contributed by atoms with Gasteiger partial charge in [0.2, 0.25) is 0 Å². The molecule has 0 bridgehead atoms. The summed E-state index contributed by atoms with van der Waals surface area (Å²) >= 11 is 0. The molecule has 0 aromatic rings. The number of aliphatic hydroxyl groups excluding tert-OH is 1. The fraction of sp³-hybridized carbons (Fsp3) is 0.701. The molecule has 0 radical (unpaired) electrons. The second kappa shape index (κ2) is 78.3. The summed E-state index contributed by atoms with van der Waals surface area (Å²) in [6.45, 7) is 4.57. The molecule has 0 aliphatic rings. The Bertz CT molecular complexity index is 2530. The number of esters is 4. The van der Waals surface area contributed by atoms with Gasteiger partial charge in [0.05, 0.1) is 26.4 Å². The molecule has 17 nitrogen and oxygen atoms in total. The van der Waals surface area contributed by atoms with Crippen LogP contribution in [0.3, 0.4) is 0 Å². The van der Waals surface area contributed by atoms with Gasteiger partial charge in [-0.05, 0) is 161 Å². The number of carbonyl (C=O) groups excluding carboxylic acids is 4. The minimum Gasteiger partial charge on any atom is -0.462 e. The zero-order valence-electron chi connectivity index (χ0n) is 66.6. The number of phosphoric ester groups is 2. The molecular weight excluding hydrogens is 1380 g/mol. The van der Waals surface area contributed by atoms with Crippen molar-refractivity contribution in [3.05, 3.63) is 134 Å². The summed E-state index contributed by atoms with van der Waals surface area (Å²) in [5, 5.41) is 10.7. The Balaban J connectivity index is 5.41. The van der Waals surface area contributed by atoms with Crippen molar-refractivity contribution in [3.63, 3.8) is 0 Å². The molecule has 3 N–H and O–H groups in total. The van der Waals surface area contributed by atoms with Gasteiger partial charge < -0.3 is 33.8 Å². The fourth-order valence-electron chi connectivity index (χ4n) is 10.8. The molecule has 0 aromatic heterocycles.